The maximum Gasteiger partial charge on any atom is 0.165 e. The van der Waals surface area contributed by atoms with Crippen molar-refractivity contribution in [1.82, 2.24) is 0 Å². The van der Waals surface area contributed by atoms with E-state index in [0.29, 0.717) is 5.56 Å². The molecule has 0 amide bonds. The molecule has 2 rings (SSSR count). The Kier molecular flexibility index (Phi) is 3.67. The minimum Gasteiger partial charge on any atom is -0.384 e. The van der Waals surface area contributed by atoms with Crippen LogP contribution in [0.5, 0.6) is 0 Å². The van der Waals surface area contributed by atoms with Gasteiger partial charge in [-0.25, -0.2) is 8.78 Å². The molecule has 0 aliphatic carbocycles. The van der Waals surface area contributed by atoms with E-state index in [1.165, 1.54) is 19.1 Å². The van der Waals surface area contributed by atoms with Crippen molar-refractivity contribution >= 4 is 0 Å². The van der Waals surface area contributed by atoms with Crippen LogP contribution in [0.4, 0.5) is 8.78 Å². The molecule has 100 valence electrons. The van der Waals surface area contributed by atoms with Gasteiger partial charge in [0.1, 0.15) is 6.10 Å². The van der Waals surface area contributed by atoms with Crippen molar-refractivity contribution in [1.29, 1.82) is 0 Å². The van der Waals surface area contributed by atoms with Crippen molar-refractivity contribution < 1.29 is 13.9 Å². The van der Waals surface area contributed by atoms with Gasteiger partial charge in [0.15, 0.2) is 11.6 Å². The molecule has 2 aromatic rings. The predicted molar refractivity (Wildman–Crippen MR) is 71.1 cm³/mol. The highest BCUT2D eigenvalue weighted by Crippen LogP contribution is 2.29. The molecule has 3 heteroatoms. The fourth-order valence-electron chi connectivity index (χ4n) is 2.09. The molecule has 0 heterocycles. The summed E-state index contributed by atoms with van der Waals surface area (Å²) in [5.74, 6) is -1.88. The summed E-state index contributed by atoms with van der Waals surface area (Å²) in [5.41, 5.74) is 2.61. The quantitative estimate of drug-likeness (QED) is 0.868. The van der Waals surface area contributed by atoms with E-state index in [1.54, 1.807) is 6.07 Å². The van der Waals surface area contributed by atoms with Crippen molar-refractivity contribution in [2.24, 2.45) is 0 Å². The molecule has 2 aromatic carbocycles. The van der Waals surface area contributed by atoms with Gasteiger partial charge >= 0.3 is 0 Å². The van der Waals surface area contributed by atoms with Crippen LogP contribution < -0.4 is 0 Å². The van der Waals surface area contributed by atoms with Gasteiger partial charge in [0.05, 0.1) is 0 Å². The van der Waals surface area contributed by atoms with Crippen LogP contribution in [0.15, 0.2) is 30.3 Å². The Bertz CT molecular complexity index is 620. The molecular weight excluding hydrogens is 246 g/mol. The molecule has 0 aliphatic heterocycles. The van der Waals surface area contributed by atoms with Crippen LogP contribution in [-0.4, -0.2) is 5.11 Å². The lowest BCUT2D eigenvalue weighted by Gasteiger charge is -2.16. The monoisotopic (exact) mass is 262 g/mol. The smallest absolute Gasteiger partial charge is 0.165 e. The van der Waals surface area contributed by atoms with Gasteiger partial charge in [-0.2, -0.15) is 0 Å². The van der Waals surface area contributed by atoms with Crippen LogP contribution in [0, 0.1) is 32.4 Å². The zero-order valence-corrected chi connectivity index (χ0v) is 11.2. The molecular formula is C16H16F2O. The molecule has 1 unspecified atom stereocenters. The van der Waals surface area contributed by atoms with Gasteiger partial charge in [-0.1, -0.05) is 35.9 Å². The Morgan fingerprint density at radius 3 is 2.16 bits per heavy atom. The Morgan fingerprint density at radius 2 is 1.47 bits per heavy atom. The van der Waals surface area contributed by atoms with Crippen molar-refractivity contribution in [2.45, 2.75) is 26.9 Å². The van der Waals surface area contributed by atoms with Gasteiger partial charge in [-0.15, -0.1) is 0 Å². The van der Waals surface area contributed by atoms with Crippen LogP contribution >= 0.6 is 0 Å². The predicted octanol–water partition coefficient (Wildman–Crippen LogP) is 3.97. The highest BCUT2D eigenvalue weighted by Gasteiger charge is 2.20. The highest BCUT2D eigenvalue weighted by atomic mass is 19.2. The maximum atomic E-state index is 13.9. The van der Waals surface area contributed by atoms with Crippen molar-refractivity contribution in [3.63, 3.8) is 0 Å². The molecule has 0 fully saturated rings. The summed E-state index contributed by atoms with van der Waals surface area (Å²) in [6, 6.07) is 8.47. The number of hydrogen-bond donors (Lipinski definition) is 1. The van der Waals surface area contributed by atoms with E-state index in [0.717, 1.165) is 11.1 Å². The van der Waals surface area contributed by atoms with E-state index < -0.39 is 17.7 Å². The number of benzene rings is 2. The fourth-order valence-corrected chi connectivity index (χ4v) is 2.09. The average molecular weight is 262 g/mol. The van der Waals surface area contributed by atoms with Crippen molar-refractivity contribution in [3.8, 4) is 0 Å². The van der Waals surface area contributed by atoms with Gasteiger partial charge in [-0.05, 0) is 37.5 Å². The van der Waals surface area contributed by atoms with Gasteiger partial charge in [0.25, 0.3) is 0 Å². The van der Waals surface area contributed by atoms with Gasteiger partial charge < -0.3 is 5.11 Å². The second-order valence-electron chi connectivity index (χ2n) is 4.86. The molecule has 1 N–H and O–H groups in total. The number of aliphatic hydroxyl groups excluding tert-OH is 1. The topological polar surface area (TPSA) is 20.2 Å². The Morgan fingerprint density at radius 1 is 0.842 bits per heavy atom. The minimum absolute atomic E-state index is 0.0307. The highest BCUT2D eigenvalue weighted by molar-refractivity contribution is 5.39. The largest absolute Gasteiger partial charge is 0.384 e. The first-order chi connectivity index (χ1) is 8.91. The molecule has 1 nitrogen and oxygen atoms in total. The van der Waals surface area contributed by atoms with E-state index >= 15 is 0 Å². The third kappa shape index (κ3) is 2.51. The van der Waals surface area contributed by atoms with Crippen LogP contribution in [0.2, 0.25) is 0 Å². The number of hydrogen-bond acceptors (Lipinski definition) is 1. The zero-order valence-electron chi connectivity index (χ0n) is 11.2. The first-order valence-corrected chi connectivity index (χ1v) is 6.11. The lowest BCUT2D eigenvalue weighted by atomic mass is 9.95. The van der Waals surface area contributed by atoms with Crippen molar-refractivity contribution in [2.75, 3.05) is 0 Å². The summed E-state index contributed by atoms with van der Waals surface area (Å²) >= 11 is 0. The Labute approximate surface area is 111 Å². The molecule has 1 atom stereocenters. The molecule has 0 spiro atoms. The second kappa shape index (κ2) is 5.10. The summed E-state index contributed by atoms with van der Waals surface area (Å²) in [6.45, 7) is 5.22. The summed E-state index contributed by atoms with van der Waals surface area (Å²) in [6.07, 6.45) is -1.16. The molecule has 0 saturated carbocycles. The van der Waals surface area contributed by atoms with Crippen LogP contribution in [0.3, 0.4) is 0 Å². The Hall–Kier alpha value is -1.74. The first kappa shape index (κ1) is 13.7. The summed E-state index contributed by atoms with van der Waals surface area (Å²) in [5, 5.41) is 10.3. The van der Waals surface area contributed by atoms with E-state index in [-0.39, 0.29) is 11.1 Å². The number of rotatable bonds is 2. The molecule has 0 aliphatic rings. The van der Waals surface area contributed by atoms with Crippen molar-refractivity contribution in [3.05, 3.63) is 69.8 Å². The lowest BCUT2D eigenvalue weighted by Crippen LogP contribution is -2.07. The average Bonchev–Trinajstić information content (AvgIpc) is 2.38. The normalized spacial score (nSPS) is 12.5. The first-order valence-electron chi connectivity index (χ1n) is 6.11. The summed E-state index contributed by atoms with van der Waals surface area (Å²) in [7, 11) is 0. The fraction of sp³-hybridized carbons (Fsp3) is 0.250. The summed E-state index contributed by atoms with van der Waals surface area (Å²) < 4.78 is 27.5. The molecule has 0 aromatic heterocycles. The molecule has 19 heavy (non-hydrogen) atoms. The molecule has 0 bridgehead atoms. The molecule has 0 radical (unpaired) electrons. The Balaban J connectivity index is 2.53. The molecule has 0 saturated heterocycles. The van der Waals surface area contributed by atoms with Crippen LogP contribution in [0.1, 0.15) is 33.9 Å². The zero-order chi connectivity index (χ0) is 14.2. The maximum absolute atomic E-state index is 13.9. The second-order valence-corrected chi connectivity index (χ2v) is 4.86. The summed E-state index contributed by atoms with van der Waals surface area (Å²) in [4.78, 5) is 0. The SMILES string of the molecule is Cc1ccc(C)c(C(O)c2ccc(C)c(F)c2F)c1. The third-order valence-corrected chi connectivity index (χ3v) is 3.33. The van der Waals surface area contributed by atoms with Gasteiger partial charge in [0.2, 0.25) is 0 Å². The van der Waals surface area contributed by atoms with E-state index in [9.17, 15) is 13.9 Å². The van der Waals surface area contributed by atoms with Crippen LogP contribution in [-0.2, 0) is 0 Å². The van der Waals surface area contributed by atoms with Crippen LogP contribution in [0.25, 0.3) is 0 Å². The number of halogens is 2. The minimum atomic E-state index is -1.16. The van der Waals surface area contributed by atoms with E-state index in [1.807, 2.05) is 26.0 Å². The number of aryl methyl sites for hydroxylation is 3. The van der Waals surface area contributed by atoms with Gasteiger partial charge in [0, 0.05) is 5.56 Å². The van der Waals surface area contributed by atoms with E-state index in [4.69, 9.17) is 0 Å². The van der Waals surface area contributed by atoms with Gasteiger partial charge in [-0.3, -0.25) is 0 Å². The standard InChI is InChI=1S/C16H16F2O/c1-9-4-5-10(2)13(8-9)16(19)12-7-6-11(3)14(17)15(12)18/h4-8,16,19H,1-3H3. The van der Waals surface area contributed by atoms with E-state index in [2.05, 4.69) is 0 Å². The number of aliphatic hydroxyl groups is 1. The lowest BCUT2D eigenvalue weighted by molar-refractivity contribution is 0.212. The third-order valence-electron chi connectivity index (χ3n) is 3.33.